The predicted octanol–water partition coefficient (Wildman–Crippen LogP) is 3.23. The Labute approximate surface area is 102 Å². The fraction of sp³-hybridized carbons (Fsp3) is 0.267. The van der Waals surface area contributed by atoms with Gasteiger partial charge in [0.15, 0.2) is 0 Å². The summed E-state index contributed by atoms with van der Waals surface area (Å²) in [5.74, 6) is 0. The molecule has 1 heterocycles. The van der Waals surface area contributed by atoms with Gasteiger partial charge < -0.3 is 4.57 Å². The molecule has 0 aliphatic heterocycles. The topological polar surface area (TPSA) is 22.0 Å². The highest BCUT2D eigenvalue weighted by Crippen LogP contribution is 2.15. The van der Waals surface area contributed by atoms with E-state index >= 15 is 0 Å². The van der Waals surface area contributed by atoms with Gasteiger partial charge in [0.25, 0.3) is 5.56 Å². The van der Waals surface area contributed by atoms with Crippen molar-refractivity contribution in [2.75, 3.05) is 0 Å². The molecular formula is C15H17NO. The highest BCUT2D eigenvalue weighted by Gasteiger charge is 2.04. The fourth-order valence-electron chi connectivity index (χ4n) is 1.91. The first-order valence-corrected chi connectivity index (χ1v) is 5.99. The maximum absolute atomic E-state index is 12.2. The van der Waals surface area contributed by atoms with Crippen molar-refractivity contribution in [1.29, 1.82) is 0 Å². The molecule has 0 aliphatic carbocycles. The summed E-state index contributed by atoms with van der Waals surface area (Å²) in [4.78, 5) is 12.2. The first kappa shape index (κ1) is 11.6. The Morgan fingerprint density at radius 1 is 1.12 bits per heavy atom. The van der Waals surface area contributed by atoms with Gasteiger partial charge in [-0.2, -0.15) is 0 Å². The molecular weight excluding hydrogens is 210 g/mol. The van der Waals surface area contributed by atoms with E-state index in [1.807, 2.05) is 49.5 Å². The zero-order valence-corrected chi connectivity index (χ0v) is 10.3. The van der Waals surface area contributed by atoms with Gasteiger partial charge in [-0.25, -0.2) is 0 Å². The van der Waals surface area contributed by atoms with Crippen LogP contribution >= 0.6 is 0 Å². The molecule has 0 radical (unpaired) electrons. The molecule has 0 atom stereocenters. The molecule has 0 amide bonds. The molecule has 0 saturated carbocycles. The van der Waals surface area contributed by atoms with Crippen LogP contribution in [-0.2, 0) is 6.54 Å². The van der Waals surface area contributed by atoms with Crippen molar-refractivity contribution in [2.24, 2.45) is 0 Å². The molecule has 2 rings (SSSR count). The molecule has 88 valence electrons. The Morgan fingerprint density at radius 2 is 1.82 bits per heavy atom. The second-order valence-corrected chi connectivity index (χ2v) is 4.29. The normalized spacial score (nSPS) is 10.5. The van der Waals surface area contributed by atoms with Crippen LogP contribution < -0.4 is 5.56 Å². The monoisotopic (exact) mass is 227 g/mol. The van der Waals surface area contributed by atoms with E-state index in [0.717, 1.165) is 24.1 Å². The van der Waals surface area contributed by atoms with Crippen molar-refractivity contribution >= 4 is 0 Å². The van der Waals surface area contributed by atoms with E-state index < -0.39 is 0 Å². The summed E-state index contributed by atoms with van der Waals surface area (Å²) in [6, 6.07) is 11.9. The SMILES string of the molecule is CCCn1cccc(-c2ccc(C)cc2)c1=O. The summed E-state index contributed by atoms with van der Waals surface area (Å²) in [6.45, 7) is 4.90. The summed E-state index contributed by atoms with van der Waals surface area (Å²) in [5, 5.41) is 0. The van der Waals surface area contributed by atoms with Crippen LogP contribution in [0.3, 0.4) is 0 Å². The third-order valence-electron chi connectivity index (χ3n) is 2.85. The lowest BCUT2D eigenvalue weighted by Gasteiger charge is -2.07. The van der Waals surface area contributed by atoms with Crippen LogP contribution in [0.4, 0.5) is 0 Å². The molecule has 1 aromatic heterocycles. The first-order valence-electron chi connectivity index (χ1n) is 5.99. The smallest absolute Gasteiger partial charge is 0.258 e. The summed E-state index contributed by atoms with van der Waals surface area (Å²) >= 11 is 0. The Balaban J connectivity index is 2.49. The van der Waals surface area contributed by atoms with E-state index in [2.05, 4.69) is 6.92 Å². The number of pyridine rings is 1. The Hall–Kier alpha value is -1.83. The molecule has 0 unspecified atom stereocenters. The maximum Gasteiger partial charge on any atom is 0.258 e. The van der Waals surface area contributed by atoms with Crippen molar-refractivity contribution in [3.05, 3.63) is 58.5 Å². The molecule has 2 heteroatoms. The maximum atomic E-state index is 12.2. The number of nitrogens with zero attached hydrogens (tertiary/aromatic N) is 1. The van der Waals surface area contributed by atoms with Gasteiger partial charge in [0.05, 0.1) is 0 Å². The van der Waals surface area contributed by atoms with Crippen LogP contribution in [0, 0.1) is 6.92 Å². The fourth-order valence-corrected chi connectivity index (χ4v) is 1.91. The molecule has 17 heavy (non-hydrogen) atoms. The summed E-state index contributed by atoms with van der Waals surface area (Å²) in [5.41, 5.74) is 3.07. The zero-order valence-electron chi connectivity index (χ0n) is 10.3. The van der Waals surface area contributed by atoms with Gasteiger partial charge in [0.1, 0.15) is 0 Å². The number of aromatic nitrogens is 1. The Bertz CT molecular complexity index is 552. The average molecular weight is 227 g/mol. The largest absolute Gasteiger partial charge is 0.315 e. The van der Waals surface area contributed by atoms with Gasteiger partial charge >= 0.3 is 0 Å². The standard InChI is InChI=1S/C15H17NO/c1-3-10-16-11-4-5-14(15(16)17)13-8-6-12(2)7-9-13/h4-9,11H,3,10H2,1-2H3. The summed E-state index contributed by atoms with van der Waals surface area (Å²) < 4.78 is 1.77. The number of hydrogen-bond acceptors (Lipinski definition) is 1. The van der Waals surface area contributed by atoms with Gasteiger partial charge in [0.2, 0.25) is 0 Å². The van der Waals surface area contributed by atoms with Crippen LogP contribution in [0.15, 0.2) is 47.4 Å². The number of benzene rings is 1. The highest BCUT2D eigenvalue weighted by molar-refractivity contribution is 5.62. The van der Waals surface area contributed by atoms with Crippen molar-refractivity contribution in [3.8, 4) is 11.1 Å². The lowest BCUT2D eigenvalue weighted by atomic mass is 10.1. The van der Waals surface area contributed by atoms with E-state index in [4.69, 9.17) is 0 Å². The van der Waals surface area contributed by atoms with Gasteiger partial charge in [-0.05, 0) is 31.0 Å². The summed E-state index contributed by atoms with van der Waals surface area (Å²) in [7, 11) is 0. The van der Waals surface area contributed by atoms with E-state index in [1.54, 1.807) is 4.57 Å². The molecule has 2 aromatic rings. The van der Waals surface area contributed by atoms with Crippen LogP contribution in [0.25, 0.3) is 11.1 Å². The molecule has 0 bridgehead atoms. The zero-order chi connectivity index (χ0) is 12.3. The minimum Gasteiger partial charge on any atom is -0.315 e. The minimum absolute atomic E-state index is 0.0956. The van der Waals surface area contributed by atoms with E-state index in [9.17, 15) is 4.79 Å². The van der Waals surface area contributed by atoms with Crippen LogP contribution in [0.1, 0.15) is 18.9 Å². The van der Waals surface area contributed by atoms with Crippen molar-refractivity contribution in [3.63, 3.8) is 0 Å². The Kier molecular flexibility index (Phi) is 3.43. The molecule has 0 spiro atoms. The lowest BCUT2D eigenvalue weighted by molar-refractivity contribution is 0.655. The predicted molar refractivity (Wildman–Crippen MR) is 71.2 cm³/mol. The van der Waals surface area contributed by atoms with Crippen LogP contribution in [0.5, 0.6) is 0 Å². The van der Waals surface area contributed by atoms with Crippen LogP contribution in [0.2, 0.25) is 0 Å². The minimum atomic E-state index is 0.0956. The third kappa shape index (κ3) is 2.47. The van der Waals surface area contributed by atoms with Crippen molar-refractivity contribution < 1.29 is 0 Å². The van der Waals surface area contributed by atoms with E-state index in [0.29, 0.717) is 0 Å². The van der Waals surface area contributed by atoms with Crippen molar-refractivity contribution in [2.45, 2.75) is 26.8 Å². The molecule has 2 nitrogen and oxygen atoms in total. The molecule has 0 N–H and O–H groups in total. The van der Waals surface area contributed by atoms with Crippen molar-refractivity contribution in [1.82, 2.24) is 4.57 Å². The van der Waals surface area contributed by atoms with Gasteiger partial charge in [-0.3, -0.25) is 4.79 Å². The lowest BCUT2D eigenvalue weighted by Crippen LogP contribution is -2.20. The van der Waals surface area contributed by atoms with Gasteiger partial charge in [-0.15, -0.1) is 0 Å². The number of hydrogen-bond donors (Lipinski definition) is 0. The van der Waals surface area contributed by atoms with E-state index in [1.165, 1.54) is 5.56 Å². The number of rotatable bonds is 3. The van der Waals surface area contributed by atoms with Crippen LogP contribution in [-0.4, -0.2) is 4.57 Å². The second kappa shape index (κ2) is 5.00. The average Bonchev–Trinajstić information content (AvgIpc) is 2.34. The quantitative estimate of drug-likeness (QED) is 0.789. The molecule has 0 fully saturated rings. The van der Waals surface area contributed by atoms with Gasteiger partial charge in [0, 0.05) is 18.3 Å². The Morgan fingerprint density at radius 3 is 2.47 bits per heavy atom. The molecule has 0 aliphatic rings. The first-order chi connectivity index (χ1) is 8.22. The molecule has 0 saturated heterocycles. The second-order valence-electron chi connectivity index (χ2n) is 4.29. The third-order valence-corrected chi connectivity index (χ3v) is 2.85. The summed E-state index contributed by atoms with van der Waals surface area (Å²) in [6.07, 6.45) is 2.82. The number of aryl methyl sites for hydroxylation is 2. The van der Waals surface area contributed by atoms with E-state index in [-0.39, 0.29) is 5.56 Å². The highest BCUT2D eigenvalue weighted by atomic mass is 16.1. The van der Waals surface area contributed by atoms with Gasteiger partial charge in [-0.1, -0.05) is 36.8 Å². The molecule has 1 aromatic carbocycles.